The number of benzene rings is 1. The van der Waals surface area contributed by atoms with Gasteiger partial charge in [0.2, 0.25) is 5.88 Å². The summed E-state index contributed by atoms with van der Waals surface area (Å²) >= 11 is 8.90. The molecule has 19 heavy (non-hydrogen) atoms. The molecule has 1 N–H and O–H groups in total. The van der Waals surface area contributed by atoms with Crippen LogP contribution in [0.2, 0.25) is 5.02 Å². The number of hydrogen-bond acceptors (Lipinski definition) is 3. The van der Waals surface area contributed by atoms with E-state index in [0.29, 0.717) is 9.50 Å². The summed E-state index contributed by atoms with van der Waals surface area (Å²) in [6, 6.07) is 5.26. The van der Waals surface area contributed by atoms with Crippen LogP contribution in [0.1, 0.15) is 10.4 Å². The summed E-state index contributed by atoms with van der Waals surface area (Å²) in [5, 5.41) is 9.35. The van der Waals surface area contributed by atoms with E-state index in [1.807, 2.05) is 0 Å². The lowest BCUT2D eigenvalue weighted by molar-refractivity contribution is 0.0689. The molecule has 0 fully saturated rings. The maximum absolute atomic E-state index is 13.5. The van der Waals surface area contributed by atoms with E-state index < -0.39 is 17.3 Å². The molecule has 0 spiro atoms. The molecule has 0 radical (unpaired) electrons. The van der Waals surface area contributed by atoms with E-state index in [-0.39, 0.29) is 11.6 Å². The molecule has 2 rings (SSSR count). The molecule has 0 bridgehead atoms. The highest BCUT2D eigenvalue weighted by Gasteiger charge is 2.18. The van der Waals surface area contributed by atoms with Crippen LogP contribution in [0.25, 0.3) is 0 Å². The van der Waals surface area contributed by atoms with E-state index in [9.17, 15) is 9.18 Å². The van der Waals surface area contributed by atoms with Crippen LogP contribution in [0.4, 0.5) is 4.39 Å². The van der Waals surface area contributed by atoms with Crippen molar-refractivity contribution in [1.82, 2.24) is 4.98 Å². The van der Waals surface area contributed by atoms with E-state index in [4.69, 9.17) is 21.4 Å². The number of aromatic nitrogens is 1. The Morgan fingerprint density at radius 1 is 1.47 bits per heavy atom. The van der Waals surface area contributed by atoms with E-state index in [0.717, 1.165) is 6.07 Å². The molecule has 7 heteroatoms. The van der Waals surface area contributed by atoms with Crippen molar-refractivity contribution in [2.24, 2.45) is 0 Å². The zero-order chi connectivity index (χ0) is 14.0. The maximum atomic E-state index is 13.5. The fourth-order valence-corrected chi connectivity index (χ4v) is 2.10. The first-order valence-corrected chi connectivity index (χ1v) is 6.17. The number of pyridine rings is 1. The Kier molecular flexibility index (Phi) is 4.01. The van der Waals surface area contributed by atoms with Crippen molar-refractivity contribution in [1.29, 1.82) is 0 Å². The highest BCUT2D eigenvalue weighted by Crippen LogP contribution is 2.32. The van der Waals surface area contributed by atoms with Crippen LogP contribution >= 0.6 is 27.5 Å². The van der Waals surface area contributed by atoms with Crippen molar-refractivity contribution < 1.29 is 19.0 Å². The minimum Gasteiger partial charge on any atom is -0.477 e. The van der Waals surface area contributed by atoms with Crippen molar-refractivity contribution >= 4 is 33.5 Å². The predicted molar refractivity (Wildman–Crippen MR) is 70.4 cm³/mol. The highest BCUT2D eigenvalue weighted by molar-refractivity contribution is 9.10. The summed E-state index contributed by atoms with van der Waals surface area (Å²) < 4.78 is 19.2. The summed E-state index contributed by atoms with van der Waals surface area (Å²) in [5.74, 6) is -2.34. The largest absolute Gasteiger partial charge is 0.477 e. The standard InChI is InChI=1S/C12H6BrClFNO3/c13-7-4-6(14)5-16-11(7)19-9-3-1-2-8(15)10(9)12(17)18/h1-5H,(H,17,18). The molecule has 4 nitrogen and oxygen atoms in total. The Labute approximate surface area is 120 Å². The minimum absolute atomic E-state index is 0.0949. The molecule has 0 unspecified atom stereocenters. The first-order valence-electron chi connectivity index (χ1n) is 4.99. The third-order valence-corrected chi connectivity index (χ3v) is 2.94. The van der Waals surface area contributed by atoms with E-state index in [1.165, 1.54) is 24.4 Å². The van der Waals surface area contributed by atoms with E-state index >= 15 is 0 Å². The number of nitrogens with zero attached hydrogens (tertiary/aromatic N) is 1. The predicted octanol–water partition coefficient (Wildman–Crippen LogP) is 4.13. The van der Waals surface area contributed by atoms with Crippen LogP contribution in [0.5, 0.6) is 11.6 Å². The summed E-state index contributed by atoms with van der Waals surface area (Å²) in [5.41, 5.74) is -0.550. The molecule has 0 aliphatic heterocycles. The van der Waals surface area contributed by atoms with Gasteiger partial charge in [0.05, 0.1) is 9.50 Å². The number of carboxylic acid groups (broad SMARTS) is 1. The first kappa shape index (κ1) is 13.8. The van der Waals surface area contributed by atoms with Gasteiger partial charge in [-0.15, -0.1) is 0 Å². The molecule has 0 atom stereocenters. The van der Waals surface area contributed by atoms with Gasteiger partial charge in [-0.3, -0.25) is 0 Å². The summed E-state index contributed by atoms with van der Waals surface area (Å²) in [6.45, 7) is 0. The van der Waals surface area contributed by atoms with Gasteiger partial charge in [0.25, 0.3) is 0 Å². The number of hydrogen-bond donors (Lipinski definition) is 1. The van der Waals surface area contributed by atoms with Crippen LogP contribution in [0, 0.1) is 5.82 Å². The zero-order valence-corrected chi connectivity index (χ0v) is 11.6. The second-order valence-corrected chi connectivity index (χ2v) is 4.75. The van der Waals surface area contributed by atoms with Gasteiger partial charge in [-0.25, -0.2) is 14.2 Å². The third-order valence-electron chi connectivity index (χ3n) is 2.17. The van der Waals surface area contributed by atoms with E-state index in [1.54, 1.807) is 0 Å². The fraction of sp³-hybridized carbons (Fsp3) is 0. The SMILES string of the molecule is O=C(O)c1c(F)cccc1Oc1ncc(Cl)cc1Br. The molecular formula is C12H6BrClFNO3. The van der Waals surface area contributed by atoms with Gasteiger partial charge in [0.1, 0.15) is 17.1 Å². The Balaban J connectivity index is 2.44. The quantitative estimate of drug-likeness (QED) is 0.908. The van der Waals surface area contributed by atoms with Gasteiger partial charge in [-0.2, -0.15) is 0 Å². The van der Waals surface area contributed by atoms with Gasteiger partial charge in [0.15, 0.2) is 0 Å². The molecule has 0 amide bonds. The Hall–Kier alpha value is -1.66. The fourth-order valence-electron chi connectivity index (χ4n) is 1.38. The number of rotatable bonds is 3. The molecule has 2 aromatic rings. The van der Waals surface area contributed by atoms with Crippen LogP contribution in [0.3, 0.4) is 0 Å². The molecule has 0 aliphatic rings. The summed E-state index contributed by atoms with van der Waals surface area (Å²) in [7, 11) is 0. The number of carbonyl (C=O) groups is 1. The normalized spacial score (nSPS) is 10.3. The number of ether oxygens (including phenoxy) is 1. The molecule has 0 saturated carbocycles. The maximum Gasteiger partial charge on any atom is 0.342 e. The van der Waals surface area contributed by atoms with Crippen LogP contribution in [0.15, 0.2) is 34.9 Å². The van der Waals surface area contributed by atoms with Crippen molar-refractivity contribution in [3.63, 3.8) is 0 Å². The average molecular weight is 347 g/mol. The van der Waals surface area contributed by atoms with Crippen LogP contribution in [-0.4, -0.2) is 16.1 Å². The number of carboxylic acids is 1. The van der Waals surface area contributed by atoms with Crippen LogP contribution in [-0.2, 0) is 0 Å². The van der Waals surface area contributed by atoms with Gasteiger partial charge in [0, 0.05) is 6.20 Å². The Bertz CT molecular complexity index is 651. The second kappa shape index (κ2) is 5.54. The van der Waals surface area contributed by atoms with Gasteiger partial charge < -0.3 is 9.84 Å². The van der Waals surface area contributed by atoms with Crippen molar-refractivity contribution in [3.8, 4) is 11.6 Å². The first-order chi connectivity index (χ1) is 8.99. The summed E-state index contributed by atoms with van der Waals surface area (Å²) in [4.78, 5) is 14.9. The highest BCUT2D eigenvalue weighted by atomic mass is 79.9. The van der Waals surface area contributed by atoms with E-state index in [2.05, 4.69) is 20.9 Å². The Morgan fingerprint density at radius 2 is 2.21 bits per heavy atom. The number of halogens is 3. The average Bonchev–Trinajstić information content (AvgIpc) is 2.32. The van der Waals surface area contributed by atoms with Crippen LogP contribution < -0.4 is 4.74 Å². The molecular weight excluding hydrogens is 340 g/mol. The van der Waals surface area contributed by atoms with Crippen molar-refractivity contribution in [2.45, 2.75) is 0 Å². The number of aromatic carboxylic acids is 1. The zero-order valence-electron chi connectivity index (χ0n) is 9.23. The smallest absolute Gasteiger partial charge is 0.342 e. The van der Waals surface area contributed by atoms with Gasteiger partial charge in [-0.05, 0) is 34.1 Å². The second-order valence-electron chi connectivity index (χ2n) is 3.46. The topological polar surface area (TPSA) is 59.4 Å². The molecule has 98 valence electrons. The molecule has 0 saturated heterocycles. The summed E-state index contributed by atoms with van der Waals surface area (Å²) in [6.07, 6.45) is 1.33. The molecule has 1 aromatic carbocycles. The molecule has 1 aromatic heterocycles. The lowest BCUT2D eigenvalue weighted by atomic mass is 10.2. The Morgan fingerprint density at radius 3 is 2.84 bits per heavy atom. The van der Waals surface area contributed by atoms with Crippen molar-refractivity contribution in [2.75, 3.05) is 0 Å². The minimum atomic E-state index is -1.42. The molecule has 0 aliphatic carbocycles. The van der Waals surface area contributed by atoms with Crippen molar-refractivity contribution in [3.05, 3.63) is 51.3 Å². The van der Waals surface area contributed by atoms with Gasteiger partial charge >= 0.3 is 5.97 Å². The lowest BCUT2D eigenvalue weighted by Gasteiger charge is -2.09. The third kappa shape index (κ3) is 3.02. The molecule has 1 heterocycles. The van der Waals surface area contributed by atoms with Gasteiger partial charge in [-0.1, -0.05) is 17.7 Å². The monoisotopic (exact) mass is 345 g/mol. The lowest BCUT2D eigenvalue weighted by Crippen LogP contribution is -2.04.